The van der Waals surface area contributed by atoms with Gasteiger partial charge in [0, 0.05) is 0 Å². The zero-order valence-corrected chi connectivity index (χ0v) is 14.5. The van der Waals surface area contributed by atoms with Gasteiger partial charge in [0.25, 0.3) is 0 Å². The van der Waals surface area contributed by atoms with E-state index < -0.39 is 5.60 Å². The average molecular weight is 316 g/mol. The van der Waals surface area contributed by atoms with Gasteiger partial charge in [0.2, 0.25) is 0 Å². The van der Waals surface area contributed by atoms with Crippen molar-refractivity contribution in [2.75, 3.05) is 0 Å². The van der Waals surface area contributed by atoms with E-state index in [-0.39, 0.29) is 5.41 Å². The third-order valence-electron chi connectivity index (χ3n) is 4.55. The van der Waals surface area contributed by atoms with Crippen LogP contribution in [0.15, 0.2) is 84.9 Å². The summed E-state index contributed by atoms with van der Waals surface area (Å²) >= 11 is 0. The van der Waals surface area contributed by atoms with E-state index in [0.717, 1.165) is 16.7 Å². The summed E-state index contributed by atoms with van der Waals surface area (Å²) in [5.41, 5.74) is 2.83. The van der Waals surface area contributed by atoms with Gasteiger partial charge in [0.05, 0.1) is 0 Å². The van der Waals surface area contributed by atoms with Crippen LogP contribution in [0, 0.1) is 0 Å². The number of rotatable bonds is 3. The van der Waals surface area contributed by atoms with Gasteiger partial charge in [-0.3, -0.25) is 0 Å². The van der Waals surface area contributed by atoms with Gasteiger partial charge in [-0.1, -0.05) is 106 Å². The van der Waals surface area contributed by atoms with Crippen molar-refractivity contribution < 1.29 is 5.11 Å². The summed E-state index contributed by atoms with van der Waals surface area (Å²) in [4.78, 5) is 0. The lowest BCUT2D eigenvalue weighted by molar-refractivity contribution is 0.125. The van der Waals surface area contributed by atoms with E-state index in [1.54, 1.807) is 0 Å². The van der Waals surface area contributed by atoms with Gasteiger partial charge < -0.3 is 5.11 Å². The Morgan fingerprint density at radius 3 is 1.21 bits per heavy atom. The number of aliphatic hydroxyl groups is 1. The lowest BCUT2D eigenvalue weighted by Gasteiger charge is -2.31. The molecule has 0 saturated carbocycles. The Balaban J connectivity index is 2.16. The van der Waals surface area contributed by atoms with E-state index in [4.69, 9.17) is 0 Å². The Hall–Kier alpha value is -2.38. The normalized spacial score (nSPS) is 12.2. The van der Waals surface area contributed by atoms with Gasteiger partial charge in [0.15, 0.2) is 0 Å². The van der Waals surface area contributed by atoms with Crippen LogP contribution in [0.4, 0.5) is 0 Å². The molecule has 0 aromatic heterocycles. The second-order valence-electron chi connectivity index (χ2n) is 7.27. The van der Waals surface area contributed by atoms with Crippen molar-refractivity contribution >= 4 is 0 Å². The van der Waals surface area contributed by atoms with Gasteiger partial charge in [-0.25, -0.2) is 0 Å². The van der Waals surface area contributed by atoms with Crippen molar-refractivity contribution in [1.82, 2.24) is 0 Å². The molecule has 0 aliphatic carbocycles. The minimum absolute atomic E-state index is 0.0934. The number of hydrogen-bond donors (Lipinski definition) is 1. The monoisotopic (exact) mass is 316 g/mol. The van der Waals surface area contributed by atoms with Crippen molar-refractivity contribution in [2.24, 2.45) is 0 Å². The van der Waals surface area contributed by atoms with Crippen LogP contribution in [0.25, 0.3) is 0 Å². The molecule has 1 heteroatoms. The molecule has 24 heavy (non-hydrogen) atoms. The highest BCUT2D eigenvalue weighted by Crippen LogP contribution is 2.37. The first kappa shape index (κ1) is 16.5. The summed E-state index contributed by atoms with van der Waals surface area (Å²) in [6.45, 7) is 6.59. The molecular weight excluding hydrogens is 292 g/mol. The van der Waals surface area contributed by atoms with E-state index >= 15 is 0 Å². The fourth-order valence-electron chi connectivity index (χ4n) is 3.07. The van der Waals surface area contributed by atoms with Gasteiger partial charge in [0.1, 0.15) is 5.60 Å². The zero-order valence-electron chi connectivity index (χ0n) is 14.5. The molecule has 122 valence electrons. The van der Waals surface area contributed by atoms with Crippen LogP contribution in [-0.4, -0.2) is 5.11 Å². The Kier molecular flexibility index (Phi) is 4.29. The van der Waals surface area contributed by atoms with Gasteiger partial charge in [-0.2, -0.15) is 0 Å². The van der Waals surface area contributed by atoms with E-state index in [1.807, 2.05) is 72.8 Å². The second kappa shape index (κ2) is 6.26. The van der Waals surface area contributed by atoms with Crippen LogP contribution in [0.3, 0.4) is 0 Å². The molecule has 0 saturated heterocycles. The minimum Gasteiger partial charge on any atom is -0.376 e. The quantitative estimate of drug-likeness (QED) is 0.653. The SMILES string of the molecule is CC(C)(C)c1ccc(C(O)(c2ccccc2)c2ccccc2)cc1. The maximum Gasteiger partial charge on any atom is 0.140 e. The highest BCUT2D eigenvalue weighted by Gasteiger charge is 2.33. The van der Waals surface area contributed by atoms with Crippen LogP contribution >= 0.6 is 0 Å². The molecule has 0 amide bonds. The molecule has 3 rings (SSSR count). The molecular formula is C23H24O. The van der Waals surface area contributed by atoms with E-state index in [0.29, 0.717) is 0 Å². The summed E-state index contributed by atoms with van der Waals surface area (Å²) in [6, 6.07) is 28.0. The number of benzene rings is 3. The molecule has 0 atom stereocenters. The van der Waals surface area contributed by atoms with Crippen LogP contribution in [0.2, 0.25) is 0 Å². The maximum atomic E-state index is 11.7. The summed E-state index contributed by atoms with van der Waals surface area (Å²) in [6.07, 6.45) is 0. The molecule has 0 unspecified atom stereocenters. The first-order valence-corrected chi connectivity index (χ1v) is 8.37. The predicted molar refractivity (Wildman–Crippen MR) is 100 cm³/mol. The molecule has 0 aliphatic rings. The summed E-state index contributed by atoms with van der Waals surface area (Å²) in [5, 5.41) is 11.7. The highest BCUT2D eigenvalue weighted by atomic mass is 16.3. The molecule has 0 radical (unpaired) electrons. The van der Waals surface area contributed by atoms with Crippen LogP contribution in [-0.2, 0) is 11.0 Å². The lowest BCUT2D eigenvalue weighted by atomic mass is 9.79. The molecule has 0 bridgehead atoms. The molecule has 3 aromatic rings. The average Bonchev–Trinajstić information content (AvgIpc) is 2.62. The van der Waals surface area contributed by atoms with Crippen LogP contribution < -0.4 is 0 Å². The van der Waals surface area contributed by atoms with Crippen LogP contribution in [0.5, 0.6) is 0 Å². The topological polar surface area (TPSA) is 20.2 Å². The van der Waals surface area contributed by atoms with Crippen molar-refractivity contribution in [3.8, 4) is 0 Å². The first-order valence-electron chi connectivity index (χ1n) is 8.37. The second-order valence-corrected chi connectivity index (χ2v) is 7.27. The first-order chi connectivity index (χ1) is 11.4. The fraction of sp³-hybridized carbons (Fsp3) is 0.217. The smallest absolute Gasteiger partial charge is 0.140 e. The van der Waals surface area contributed by atoms with Crippen LogP contribution in [0.1, 0.15) is 43.0 Å². The largest absolute Gasteiger partial charge is 0.376 e. The summed E-state index contributed by atoms with van der Waals surface area (Å²) < 4.78 is 0. The Morgan fingerprint density at radius 2 is 0.833 bits per heavy atom. The third-order valence-corrected chi connectivity index (χ3v) is 4.55. The Labute approximate surface area is 144 Å². The van der Waals surface area contributed by atoms with Crippen molar-refractivity contribution in [3.63, 3.8) is 0 Å². The maximum absolute atomic E-state index is 11.7. The molecule has 1 nitrogen and oxygen atoms in total. The van der Waals surface area contributed by atoms with Crippen molar-refractivity contribution in [3.05, 3.63) is 107 Å². The van der Waals surface area contributed by atoms with E-state index in [1.165, 1.54) is 5.56 Å². The minimum atomic E-state index is -1.15. The molecule has 0 fully saturated rings. The highest BCUT2D eigenvalue weighted by molar-refractivity contribution is 5.47. The van der Waals surface area contributed by atoms with Crippen molar-refractivity contribution in [2.45, 2.75) is 31.8 Å². The predicted octanol–water partition coefficient (Wildman–Crippen LogP) is 5.27. The summed E-state index contributed by atoms with van der Waals surface area (Å²) in [7, 11) is 0. The van der Waals surface area contributed by atoms with Gasteiger partial charge in [-0.05, 0) is 27.7 Å². The van der Waals surface area contributed by atoms with Gasteiger partial charge >= 0.3 is 0 Å². The molecule has 3 aromatic carbocycles. The molecule has 0 heterocycles. The van der Waals surface area contributed by atoms with E-state index in [2.05, 4.69) is 32.9 Å². The standard InChI is InChI=1S/C23H24O/c1-22(2,3)18-14-16-21(17-15-18)23(24,19-10-6-4-7-11-19)20-12-8-5-9-13-20/h4-17,24H,1-3H3. The molecule has 1 N–H and O–H groups in total. The Morgan fingerprint density at radius 1 is 0.500 bits per heavy atom. The summed E-state index contributed by atoms with van der Waals surface area (Å²) in [5.74, 6) is 0. The zero-order chi connectivity index (χ0) is 17.2. The molecule has 0 spiro atoms. The number of hydrogen-bond acceptors (Lipinski definition) is 1. The molecule has 0 aliphatic heterocycles. The Bertz CT molecular complexity index is 741. The van der Waals surface area contributed by atoms with E-state index in [9.17, 15) is 5.11 Å². The lowest BCUT2D eigenvalue weighted by Crippen LogP contribution is -2.29. The van der Waals surface area contributed by atoms with Gasteiger partial charge in [-0.15, -0.1) is 0 Å². The fourth-order valence-corrected chi connectivity index (χ4v) is 3.07. The third kappa shape index (κ3) is 3.00. The van der Waals surface area contributed by atoms with Crippen molar-refractivity contribution in [1.29, 1.82) is 0 Å².